The Morgan fingerprint density at radius 3 is 2.27 bits per heavy atom. The molecule has 1 heterocycles. The van der Waals surface area contributed by atoms with Crippen molar-refractivity contribution in [2.45, 2.75) is 4.90 Å². The van der Waals surface area contributed by atoms with Crippen LogP contribution in [0.4, 0.5) is 8.78 Å². The fourth-order valence-electron chi connectivity index (χ4n) is 2.77. The van der Waals surface area contributed by atoms with Crippen molar-refractivity contribution in [2.75, 3.05) is 26.2 Å². The number of amides is 1. The Kier molecular flexibility index (Phi) is 5.27. The first kappa shape index (κ1) is 18.8. The van der Waals surface area contributed by atoms with E-state index in [0.717, 1.165) is 18.2 Å². The summed E-state index contributed by atoms with van der Waals surface area (Å²) < 4.78 is 53.5. The zero-order valence-electron chi connectivity index (χ0n) is 13.5. The van der Waals surface area contributed by atoms with Crippen LogP contribution in [0.3, 0.4) is 0 Å². The molecule has 0 bridgehead atoms. The van der Waals surface area contributed by atoms with Gasteiger partial charge in [-0.1, -0.05) is 23.7 Å². The van der Waals surface area contributed by atoms with Gasteiger partial charge in [-0.2, -0.15) is 4.31 Å². The number of benzene rings is 2. The lowest BCUT2D eigenvalue weighted by Crippen LogP contribution is -2.50. The van der Waals surface area contributed by atoms with E-state index < -0.39 is 27.6 Å². The SMILES string of the molecule is O=C(c1c(F)cccc1Cl)N1CCN(S(=O)(=O)c2cccc(F)c2)CC1. The minimum absolute atomic E-state index is 0.00446. The van der Waals surface area contributed by atoms with Crippen LogP contribution in [-0.2, 0) is 10.0 Å². The van der Waals surface area contributed by atoms with Gasteiger partial charge in [0, 0.05) is 26.2 Å². The van der Waals surface area contributed by atoms with Crippen LogP contribution in [0.1, 0.15) is 10.4 Å². The van der Waals surface area contributed by atoms with Gasteiger partial charge in [0.1, 0.15) is 11.6 Å². The Hall–Kier alpha value is -2.03. The summed E-state index contributed by atoms with van der Waals surface area (Å²) in [6.45, 7) is 0.212. The Morgan fingerprint density at radius 1 is 1.00 bits per heavy atom. The van der Waals surface area contributed by atoms with Crippen LogP contribution in [0.25, 0.3) is 0 Å². The van der Waals surface area contributed by atoms with Gasteiger partial charge in [0.2, 0.25) is 10.0 Å². The fourth-order valence-corrected chi connectivity index (χ4v) is 4.47. The van der Waals surface area contributed by atoms with Gasteiger partial charge in [0.05, 0.1) is 15.5 Å². The lowest BCUT2D eigenvalue weighted by molar-refractivity contribution is 0.0693. The van der Waals surface area contributed by atoms with Crippen LogP contribution in [0.5, 0.6) is 0 Å². The molecule has 3 rings (SSSR count). The molecule has 138 valence electrons. The molecule has 0 aliphatic carbocycles. The minimum Gasteiger partial charge on any atom is -0.336 e. The molecule has 0 N–H and O–H groups in total. The van der Waals surface area contributed by atoms with Crippen LogP contribution < -0.4 is 0 Å². The van der Waals surface area contributed by atoms with Crippen molar-refractivity contribution in [1.82, 2.24) is 9.21 Å². The summed E-state index contributed by atoms with van der Waals surface area (Å²) in [5.41, 5.74) is -0.226. The van der Waals surface area contributed by atoms with Gasteiger partial charge in [0.15, 0.2) is 0 Å². The average molecular weight is 401 g/mol. The maximum absolute atomic E-state index is 13.9. The van der Waals surface area contributed by atoms with Gasteiger partial charge >= 0.3 is 0 Å². The van der Waals surface area contributed by atoms with E-state index in [0.29, 0.717) is 0 Å². The molecule has 0 atom stereocenters. The highest BCUT2D eigenvalue weighted by atomic mass is 35.5. The van der Waals surface area contributed by atoms with Crippen molar-refractivity contribution in [1.29, 1.82) is 0 Å². The molecule has 1 saturated heterocycles. The number of hydrogen-bond donors (Lipinski definition) is 0. The molecule has 0 aromatic heterocycles. The third-order valence-electron chi connectivity index (χ3n) is 4.14. The highest BCUT2D eigenvalue weighted by molar-refractivity contribution is 7.89. The summed E-state index contributed by atoms with van der Waals surface area (Å²) in [5.74, 6) is -1.96. The van der Waals surface area contributed by atoms with Crippen LogP contribution in [-0.4, -0.2) is 49.7 Å². The van der Waals surface area contributed by atoms with E-state index in [9.17, 15) is 22.0 Å². The molecule has 0 saturated carbocycles. The predicted octanol–water partition coefficient (Wildman–Crippen LogP) is 2.76. The molecule has 9 heteroatoms. The molecule has 0 unspecified atom stereocenters. The summed E-state index contributed by atoms with van der Waals surface area (Å²) in [5, 5.41) is 0.00446. The highest BCUT2D eigenvalue weighted by Gasteiger charge is 2.31. The Morgan fingerprint density at radius 2 is 1.65 bits per heavy atom. The number of halogens is 3. The van der Waals surface area contributed by atoms with E-state index in [2.05, 4.69) is 0 Å². The molecule has 1 aliphatic rings. The number of rotatable bonds is 3. The van der Waals surface area contributed by atoms with Gasteiger partial charge < -0.3 is 4.90 Å². The largest absolute Gasteiger partial charge is 0.336 e. The van der Waals surface area contributed by atoms with Gasteiger partial charge in [-0.3, -0.25) is 4.79 Å². The number of sulfonamides is 1. The summed E-state index contributed by atoms with van der Waals surface area (Å²) >= 11 is 5.91. The fraction of sp³-hybridized carbons (Fsp3) is 0.235. The minimum atomic E-state index is -3.86. The second kappa shape index (κ2) is 7.30. The van der Waals surface area contributed by atoms with Crippen molar-refractivity contribution < 1.29 is 22.0 Å². The van der Waals surface area contributed by atoms with Crippen molar-refractivity contribution in [3.05, 3.63) is 64.7 Å². The first-order valence-electron chi connectivity index (χ1n) is 7.80. The monoisotopic (exact) mass is 400 g/mol. The molecule has 1 aliphatic heterocycles. The van der Waals surface area contributed by atoms with E-state index in [-0.39, 0.29) is 41.7 Å². The molecule has 26 heavy (non-hydrogen) atoms. The first-order chi connectivity index (χ1) is 12.3. The van der Waals surface area contributed by atoms with Gasteiger partial charge in [-0.25, -0.2) is 17.2 Å². The Bertz CT molecular complexity index is 925. The van der Waals surface area contributed by atoms with E-state index >= 15 is 0 Å². The molecular formula is C17H15ClF2N2O3S. The van der Waals surface area contributed by atoms with Crippen LogP contribution in [0, 0.1) is 11.6 Å². The van der Waals surface area contributed by atoms with Gasteiger partial charge in [0.25, 0.3) is 5.91 Å². The number of piperazine rings is 1. The summed E-state index contributed by atoms with van der Waals surface area (Å²) in [7, 11) is -3.86. The van der Waals surface area contributed by atoms with Crippen molar-refractivity contribution in [3.8, 4) is 0 Å². The summed E-state index contributed by atoms with van der Waals surface area (Å²) in [4.78, 5) is 13.7. The molecule has 1 amide bonds. The number of carbonyl (C=O) groups excluding carboxylic acids is 1. The zero-order valence-corrected chi connectivity index (χ0v) is 15.1. The number of carbonyl (C=O) groups is 1. The molecule has 5 nitrogen and oxygen atoms in total. The lowest BCUT2D eigenvalue weighted by atomic mass is 10.1. The maximum Gasteiger partial charge on any atom is 0.258 e. The van der Waals surface area contributed by atoms with Crippen LogP contribution >= 0.6 is 11.6 Å². The topological polar surface area (TPSA) is 57.7 Å². The van der Waals surface area contributed by atoms with Crippen molar-refractivity contribution in [2.24, 2.45) is 0 Å². The molecule has 0 spiro atoms. The first-order valence-corrected chi connectivity index (χ1v) is 9.61. The predicted molar refractivity (Wildman–Crippen MR) is 92.5 cm³/mol. The molecule has 2 aromatic rings. The molecular weight excluding hydrogens is 386 g/mol. The maximum atomic E-state index is 13.9. The van der Waals surface area contributed by atoms with E-state index in [1.807, 2.05) is 0 Å². The Labute approximate surface area is 154 Å². The normalized spacial score (nSPS) is 15.9. The third-order valence-corrected chi connectivity index (χ3v) is 6.35. The van der Waals surface area contributed by atoms with Gasteiger partial charge in [-0.05, 0) is 30.3 Å². The van der Waals surface area contributed by atoms with Crippen LogP contribution in [0.15, 0.2) is 47.4 Å². The molecule has 2 aromatic carbocycles. The smallest absolute Gasteiger partial charge is 0.258 e. The molecule has 1 fully saturated rings. The number of hydrogen-bond acceptors (Lipinski definition) is 3. The van der Waals surface area contributed by atoms with Crippen molar-refractivity contribution in [3.63, 3.8) is 0 Å². The standard InChI is InChI=1S/C17H15ClF2N2O3S/c18-14-5-2-6-15(20)16(14)17(23)21-7-9-22(10-8-21)26(24,25)13-4-1-3-12(19)11-13/h1-6,11H,7-10H2. The summed E-state index contributed by atoms with van der Waals surface area (Å²) in [6, 6.07) is 8.71. The van der Waals surface area contributed by atoms with Gasteiger partial charge in [-0.15, -0.1) is 0 Å². The average Bonchev–Trinajstić information content (AvgIpc) is 2.61. The van der Waals surface area contributed by atoms with E-state index in [1.54, 1.807) is 0 Å². The Balaban J connectivity index is 1.74. The second-order valence-electron chi connectivity index (χ2n) is 5.75. The highest BCUT2D eigenvalue weighted by Crippen LogP contribution is 2.23. The zero-order chi connectivity index (χ0) is 18.9. The van der Waals surface area contributed by atoms with Crippen LogP contribution in [0.2, 0.25) is 5.02 Å². The van der Waals surface area contributed by atoms with E-state index in [4.69, 9.17) is 11.6 Å². The van der Waals surface area contributed by atoms with E-state index in [1.165, 1.54) is 33.5 Å². The quantitative estimate of drug-likeness (QED) is 0.796. The number of nitrogens with zero attached hydrogens (tertiary/aromatic N) is 2. The lowest BCUT2D eigenvalue weighted by Gasteiger charge is -2.34. The van der Waals surface area contributed by atoms with Crippen molar-refractivity contribution >= 4 is 27.5 Å². The third kappa shape index (κ3) is 3.58. The summed E-state index contributed by atoms with van der Waals surface area (Å²) in [6.07, 6.45) is 0. The molecule has 0 radical (unpaired) electrons. The second-order valence-corrected chi connectivity index (χ2v) is 8.10.